The first kappa shape index (κ1) is 14.8. The maximum absolute atomic E-state index is 11.9. The molecule has 104 valence electrons. The Bertz CT molecular complexity index is 284. The Morgan fingerprint density at radius 1 is 1.33 bits per heavy atom. The summed E-state index contributed by atoms with van der Waals surface area (Å²) in [6.07, 6.45) is 2.16. The Morgan fingerprint density at radius 2 is 1.94 bits per heavy atom. The zero-order valence-electron chi connectivity index (χ0n) is 11.6. The van der Waals surface area contributed by atoms with Gasteiger partial charge in [-0.15, -0.1) is 0 Å². The van der Waals surface area contributed by atoms with Gasteiger partial charge in [0.1, 0.15) is 0 Å². The smallest absolute Gasteiger partial charge is 0.409 e. The number of nitrogens with one attached hydrogen (secondary N) is 1. The van der Waals surface area contributed by atoms with E-state index in [9.17, 15) is 9.59 Å². The molecule has 1 N–H and O–H groups in total. The highest BCUT2D eigenvalue weighted by atomic mass is 16.5. The maximum Gasteiger partial charge on any atom is 0.409 e. The number of ether oxygens (including phenoxy) is 1. The molecule has 0 aromatic heterocycles. The fourth-order valence-corrected chi connectivity index (χ4v) is 2.08. The fourth-order valence-electron chi connectivity index (χ4n) is 2.08. The highest BCUT2D eigenvalue weighted by Gasteiger charge is 2.27. The van der Waals surface area contributed by atoms with Crippen molar-refractivity contribution in [2.24, 2.45) is 11.8 Å². The molecule has 18 heavy (non-hydrogen) atoms. The number of likely N-dealkylation sites (tertiary alicyclic amines) is 1. The molecule has 0 bridgehead atoms. The van der Waals surface area contributed by atoms with Gasteiger partial charge >= 0.3 is 6.09 Å². The second-order valence-corrected chi connectivity index (χ2v) is 5.20. The largest absolute Gasteiger partial charge is 0.453 e. The van der Waals surface area contributed by atoms with Crippen LogP contribution in [0.5, 0.6) is 0 Å². The lowest BCUT2D eigenvalue weighted by atomic mass is 9.96. The van der Waals surface area contributed by atoms with Gasteiger partial charge in [0.15, 0.2) is 0 Å². The van der Waals surface area contributed by atoms with Gasteiger partial charge in [0, 0.05) is 25.6 Å². The van der Waals surface area contributed by atoms with Crippen LogP contribution < -0.4 is 5.32 Å². The van der Waals surface area contributed by atoms with E-state index in [0.717, 1.165) is 25.8 Å². The molecule has 1 aliphatic rings. The number of amides is 2. The van der Waals surface area contributed by atoms with Crippen molar-refractivity contribution in [2.45, 2.75) is 33.1 Å². The van der Waals surface area contributed by atoms with E-state index in [1.54, 1.807) is 4.90 Å². The molecule has 2 amide bonds. The predicted molar refractivity (Wildman–Crippen MR) is 69.2 cm³/mol. The van der Waals surface area contributed by atoms with Crippen molar-refractivity contribution in [3.8, 4) is 0 Å². The van der Waals surface area contributed by atoms with Crippen LogP contribution in [0.4, 0.5) is 4.79 Å². The summed E-state index contributed by atoms with van der Waals surface area (Å²) in [5.41, 5.74) is 0. The molecule has 0 aromatic rings. The van der Waals surface area contributed by atoms with Crippen molar-refractivity contribution in [3.63, 3.8) is 0 Å². The Labute approximate surface area is 109 Å². The summed E-state index contributed by atoms with van der Waals surface area (Å²) in [7, 11) is 1.38. The van der Waals surface area contributed by atoms with E-state index in [-0.39, 0.29) is 17.9 Å². The van der Waals surface area contributed by atoms with Crippen molar-refractivity contribution in [2.75, 3.05) is 26.7 Å². The molecule has 0 saturated carbocycles. The van der Waals surface area contributed by atoms with Crippen LogP contribution in [0.3, 0.4) is 0 Å². The van der Waals surface area contributed by atoms with Gasteiger partial charge in [0.2, 0.25) is 5.91 Å². The molecule has 0 spiro atoms. The average Bonchev–Trinajstić information content (AvgIpc) is 2.37. The van der Waals surface area contributed by atoms with E-state index in [1.165, 1.54) is 7.11 Å². The first-order chi connectivity index (χ1) is 8.54. The molecule has 1 saturated heterocycles. The minimum Gasteiger partial charge on any atom is -0.453 e. The van der Waals surface area contributed by atoms with Crippen LogP contribution in [0.2, 0.25) is 0 Å². The summed E-state index contributed by atoms with van der Waals surface area (Å²) in [5.74, 6) is 0.768. The maximum atomic E-state index is 11.9. The lowest BCUT2D eigenvalue weighted by Crippen LogP contribution is -2.43. The van der Waals surface area contributed by atoms with Gasteiger partial charge in [0.25, 0.3) is 0 Å². The monoisotopic (exact) mass is 256 g/mol. The third-order valence-corrected chi connectivity index (χ3v) is 3.32. The second kappa shape index (κ2) is 7.24. The Hall–Kier alpha value is -1.26. The molecule has 5 heteroatoms. The molecule has 0 aliphatic carbocycles. The molecule has 5 nitrogen and oxygen atoms in total. The van der Waals surface area contributed by atoms with Crippen molar-refractivity contribution in [3.05, 3.63) is 0 Å². The van der Waals surface area contributed by atoms with Gasteiger partial charge < -0.3 is 15.0 Å². The zero-order chi connectivity index (χ0) is 13.5. The summed E-state index contributed by atoms with van der Waals surface area (Å²) in [6.45, 7) is 6.24. The molecule has 1 fully saturated rings. The highest BCUT2D eigenvalue weighted by molar-refractivity contribution is 5.79. The number of hydrogen-bond donors (Lipinski definition) is 1. The Balaban J connectivity index is 2.25. The molecule has 0 aromatic carbocycles. The molecule has 1 rings (SSSR count). The van der Waals surface area contributed by atoms with Crippen LogP contribution >= 0.6 is 0 Å². The predicted octanol–water partition coefficient (Wildman–Crippen LogP) is 1.63. The average molecular weight is 256 g/mol. The van der Waals surface area contributed by atoms with Crippen molar-refractivity contribution in [1.82, 2.24) is 10.2 Å². The van der Waals surface area contributed by atoms with Crippen LogP contribution in [0.1, 0.15) is 33.1 Å². The van der Waals surface area contributed by atoms with Gasteiger partial charge in [-0.05, 0) is 25.2 Å². The van der Waals surface area contributed by atoms with Gasteiger partial charge in [-0.25, -0.2) is 4.79 Å². The normalized spacial score (nSPS) is 16.8. The van der Waals surface area contributed by atoms with E-state index in [2.05, 4.69) is 23.9 Å². The summed E-state index contributed by atoms with van der Waals surface area (Å²) in [4.78, 5) is 24.8. The quantitative estimate of drug-likeness (QED) is 0.831. The van der Waals surface area contributed by atoms with E-state index < -0.39 is 0 Å². The van der Waals surface area contributed by atoms with Crippen LogP contribution in [0, 0.1) is 11.8 Å². The number of piperidine rings is 1. The SMILES string of the molecule is COC(=O)N1CCC(C(=O)NCCC(C)C)CC1. The molecule has 0 atom stereocenters. The van der Waals surface area contributed by atoms with Crippen LogP contribution in [0.25, 0.3) is 0 Å². The lowest BCUT2D eigenvalue weighted by molar-refractivity contribution is -0.126. The summed E-state index contributed by atoms with van der Waals surface area (Å²) >= 11 is 0. The first-order valence-electron chi connectivity index (χ1n) is 6.65. The number of hydrogen-bond acceptors (Lipinski definition) is 3. The number of carbonyl (C=O) groups is 2. The van der Waals surface area contributed by atoms with Crippen molar-refractivity contribution in [1.29, 1.82) is 0 Å². The fraction of sp³-hybridized carbons (Fsp3) is 0.846. The van der Waals surface area contributed by atoms with Crippen molar-refractivity contribution >= 4 is 12.0 Å². The number of rotatable bonds is 4. The van der Waals surface area contributed by atoms with E-state index in [1.807, 2.05) is 0 Å². The molecular weight excluding hydrogens is 232 g/mol. The summed E-state index contributed by atoms with van der Waals surface area (Å²) in [5, 5.41) is 2.97. The van der Waals surface area contributed by atoms with E-state index in [0.29, 0.717) is 19.0 Å². The highest BCUT2D eigenvalue weighted by Crippen LogP contribution is 2.17. The second-order valence-electron chi connectivity index (χ2n) is 5.20. The summed E-state index contributed by atoms with van der Waals surface area (Å²) in [6, 6.07) is 0. The molecule has 1 heterocycles. The minimum atomic E-state index is -0.298. The number of methoxy groups -OCH3 is 1. The lowest BCUT2D eigenvalue weighted by Gasteiger charge is -2.30. The van der Waals surface area contributed by atoms with Crippen LogP contribution in [-0.2, 0) is 9.53 Å². The standard InChI is InChI=1S/C13H24N2O3/c1-10(2)4-7-14-12(16)11-5-8-15(9-6-11)13(17)18-3/h10-11H,4-9H2,1-3H3,(H,14,16). The number of carbonyl (C=O) groups excluding carboxylic acids is 2. The van der Waals surface area contributed by atoms with Gasteiger partial charge in [-0.1, -0.05) is 13.8 Å². The number of nitrogens with zero attached hydrogens (tertiary/aromatic N) is 1. The third kappa shape index (κ3) is 4.55. The van der Waals surface area contributed by atoms with Crippen LogP contribution in [0.15, 0.2) is 0 Å². The minimum absolute atomic E-state index is 0.0399. The van der Waals surface area contributed by atoms with E-state index >= 15 is 0 Å². The molecule has 0 radical (unpaired) electrons. The van der Waals surface area contributed by atoms with Gasteiger partial charge in [-0.2, -0.15) is 0 Å². The topological polar surface area (TPSA) is 58.6 Å². The molecule has 1 aliphatic heterocycles. The summed E-state index contributed by atoms with van der Waals surface area (Å²) < 4.78 is 4.66. The molecule has 0 unspecified atom stereocenters. The van der Waals surface area contributed by atoms with Gasteiger partial charge in [0.05, 0.1) is 7.11 Å². The van der Waals surface area contributed by atoms with Gasteiger partial charge in [-0.3, -0.25) is 4.79 Å². The molecular formula is C13H24N2O3. The first-order valence-corrected chi connectivity index (χ1v) is 6.65. The van der Waals surface area contributed by atoms with Crippen molar-refractivity contribution < 1.29 is 14.3 Å². The zero-order valence-corrected chi connectivity index (χ0v) is 11.6. The Morgan fingerprint density at radius 3 is 2.44 bits per heavy atom. The third-order valence-electron chi connectivity index (χ3n) is 3.32. The van der Waals surface area contributed by atoms with Crippen LogP contribution in [-0.4, -0.2) is 43.6 Å². The Kier molecular flexibility index (Phi) is 5.95. The van der Waals surface area contributed by atoms with E-state index in [4.69, 9.17) is 0 Å².